The fourth-order valence-corrected chi connectivity index (χ4v) is 5.70. The Labute approximate surface area is 220 Å². The smallest absolute Gasteiger partial charge is 0.295 e. The molecule has 0 radical (unpaired) electrons. The highest BCUT2D eigenvalue weighted by Crippen LogP contribution is 2.42. The van der Waals surface area contributed by atoms with Crippen molar-refractivity contribution in [1.29, 1.82) is 0 Å². The summed E-state index contributed by atoms with van der Waals surface area (Å²) in [4.78, 5) is 25.9. The molecule has 1 heterocycles. The van der Waals surface area contributed by atoms with Crippen LogP contribution in [-0.2, 0) is 21.7 Å². The summed E-state index contributed by atoms with van der Waals surface area (Å²) < 4.78 is 40.8. The summed E-state index contributed by atoms with van der Waals surface area (Å²) in [6, 6.07) is 20.0. The molecule has 2 N–H and O–H groups in total. The first kappa shape index (κ1) is 26.6. The number of rotatable bonds is 9. The fourth-order valence-electron chi connectivity index (χ4n) is 4.09. The number of hydrogen-bond donors (Lipinski definition) is 2. The zero-order valence-corrected chi connectivity index (χ0v) is 22.2. The molecule has 0 aliphatic heterocycles. The Morgan fingerprint density at radius 1 is 0.921 bits per heavy atom. The van der Waals surface area contributed by atoms with Crippen LogP contribution in [0.1, 0.15) is 5.69 Å². The number of aromatic nitrogens is 2. The summed E-state index contributed by atoms with van der Waals surface area (Å²) in [6.45, 7) is 1.48. The second kappa shape index (κ2) is 10.9. The first-order chi connectivity index (χ1) is 18.2. The van der Waals surface area contributed by atoms with Crippen molar-refractivity contribution in [3.05, 3.63) is 88.8 Å². The topological polar surface area (TPSA) is 121 Å². The van der Waals surface area contributed by atoms with Crippen molar-refractivity contribution < 1.29 is 22.7 Å². The van der Waals surface area contributed by atoms with Crippen molar-refractivity contribution in [2.24, 2.45) is 7.05 Å². The number of sulfone groups is 1. The third-order valence-corrected chi connectivity index (χ3v) is 7.90. The Hall–Kier alpha value is -4.51. The molecule has 0 bridgehead atoms. The van der Waals surface area contributed by atoms with E-state index in [2.05, 4.69) is 10.6 Å². The lowest BCUT2D eigenvalue weighted by Gasteiger charge is -2.18. The van der Waals surface area contributed by atoms with E-state index < -0.39 is 15.7 Å². The number of ether oxygens (including phenoxy) is 2. The summed E-state index contributed by atoms with van der Waals surface area (Å²) >= 11 is 0. The van der Waals surface area contributed by atoms with E-state index in [0.29, 0.717) is 11.4 Å². The van der Waals surface area contributed by atoms with Gasteiger partial charge in [-0.05, 0) is 43.3 Å². The number of anilines is 2. The molecular formula is C27H28N4O6S. The van der Waals surface area contributed by atoms with Crippen molar-refractivity contribution in [2.45, 2.75) is 16.7 Å². The number of para-hydroxylation sites is 1. The van der Waals surface area contributed by atoms with E-state index >= 15 is 0 Å². The molecule has 0 aliphatic carbocycles. The molecule has 198 valence electrons. The van der Waals surface area contributed by atoms with Crippen LogP contribution < -0.4 is 25.7 Å². The van der Waals surface area contributed by atoms with E-state index in [1.165, 1.54) is 37.1 Å². The van der Waals surface area contributed by atoms with Crippen LogP contribution in [-0.4, -0.2) is 44.5 Å². The van der Waals surface area contributed by atoms with Crippen LogP contribution in [0.2, 0.25) is 0 Å². The molecule has 1 amide bonds. The lowest BCUT2D eigenvalue weighted by Crippen LogP contribution is -2.26. The number of hydrogen-bond acceptors (Lipinski definition) is 7. The maximum atomic E-state index is 13.4. The van der Waals surface area contributed by atoms with Crippen molar-refractivity contribution in [3.63, 3.8) is 0 Å². The molecule has 0 saturated heterocycles. The van der Waals surface area contributed by atoms with Gasteiger partial charge in [-0.1, -0.05) is 36.4 Å². The van der Waals surface area contributed by atoms with Gasteiger partial charge in [0.25, 0.3) is 5.56 Å². The van der Waals surface area contributed by atoms with Gasteiger partial charge in [0.05, 0.1) is 42.7 Å². The van der Waals surface area contributed by atoms with Crippen molar-refractivity contribution in [1.82, 2.24) is 9.36 Å². The number of amides is 1. The van der Waals surface area contributed by atoms with Crippen LogP contribution in [0.15, 0.2) is 87.4 Å². The van der Waals surface area contributed by atoms with Gasteiger partial charge in [-0.3, -0.25) is 14.3 Å². The number of nitrogens with zero attached hydrogens (tertiary/aromatic N) is 2. The Kier molecular flexibility index (Phi) is 7.58. The Morgan fingerprint density at radius 3 is 2.16 bits per heavy atom. The molecule has 0 fully saturated rings. The molecule has 0 saturated carbocycles. The molecule has 1 aromatic heterocycles. The molecule has 38 heavy (non-hydrogen) atoms. The Balaban J connectivity index is 1.61. The number of carbonyl (C=O) groups is 1. The highest BCUT2D eigenvalue weighted by Gasteiger charge is 2.29. The van der Waals surface area contributed by atoms with Gasteiger partial charge >= 0.3 is 0 Å². The van der Waals surface area contributed by atoms with Gasteiger partial charge < -0.3 is 20.1 Å². The van der Waals surface area contributed by atoms with E-state index in [9.17, 15) is 18.0 Å². The minimum Gasteiger partial charge on any atom is -0.495 e. The van der Waals surface area contributed by atoms with E-state index in [0.717, 1.165) is 0 Å². The molecule has 10 nitrogen and oxygen atoms in total. The fraction of sp³-hybridized carbons (Fsp3) is 0.185. The minimum absolute atomic E-state index is 0.00308. The highest BCUT2D eigenvalue weighted by molar-refractivity contribution is 7.91. The average molecular weight is 537 g/mol. The Bertz CT molecular complexity index is 1630. The Morgan fingerprint density at radius 2 is 1.55 bits per heavy atom. The van der Waals surface area contributed by atoms with Crippen molar-refractivity contribution >= 4 is 27.1 Å². The molecule has 3 aromatic carbocycles. The summed E-state index contributed by atoms with van der Waals surface area (Å²) in [5.74, 6) is -0.397. The van der Waals surface area contributed by atoms with Gasteiger partial charge in [-0.15, -0.1) is 0 Å². The standard InChI is InChI=1S/C27H28N4O6S/c1-18-24(27(33)31(30(18)2)19-11-7-5-8-12-19)29-23(32)17-28-21-15-16-22(36-3)26(25(21)37-4)38(34,35)20-13-9-6-10-14-20/h5-16,28H,17H2,1-4H3,(H,29,32). The second-order valence-corrected chi connectivity index (χ2v) is 10.2. The van der Waals surface area contributed by atoms with Crippen LogP contribution in [0.5, 0.6) is 11.5 Å². The van der Waals surface area contributed by atoms with E-state index in [-0.39, 0.29) is 44.8 Å². The number of nitrogens with one attached hydrogen (secondary N) is 2. The SMILES string of the molecule is COc1ccc(NCC(=O)Nc2c(C)n(C)n(-c3ccccc3)c2=O)c(OC)c1S(=O)(=O)c1ccccc1. The lowest BCUT2D eigenvalue weighted by molar-refractivity contribution is -0.114. The molecule has 4 rings (SSSR count). The second-order valence-electron chi connectivity index (χ2n) is 8.33. The number of methoxy groups -OCH3 is 2. The predicted octanol–water partition coefficient (Wildman–Crippen LogP) is 3.39. The number of carbonyl (C=O) groups excluding carboxylic acids is 1. The molecule has 0 aliphatic rings. The maximum Gasteiger partial charge on any atom is 0.295 e. The monoisotopic (exact) mass is 536 g/mol. The molecule has 0 unspecified atom stereocenters. The summed E-state index contributed by atoms with van der Waals surface area (Å²) in [5.41, 5.74) is 1.28. The third kappa shape index (κ3) is 4.88. The van der Waals surface area contributed by atoms with Crippen LogP contribution in [0.3, 0.4) is 0 Å². The van der Waals surface area contributed by atoms with Gasteiger partial charge in [0.15, 0.2) is 10.6 Å². The first-order valence-electron chi connectivity index (χ1n) is 11.6. The van der Waals surface area contributed by atoms with Crippen LogP contribution >= 0.6 is 0 Å². The van der Waals surface area contributed by atoms with Crippen LogP contribution in [0, 0.1) is 6.92 Å². The number of benzene rings is 3. The normalized spacial score (nSPS) is 11.2. The molecular weight excluding hydrogens is 508 g/mol. The summed E-state index contributed by atoms with van der Waals surface area (Å²) in [7, 11) is 0.421. The first-order valence-corrected chi connectivity index (χ1v) is 13.1. The van der Waals surface area contributed by atoms with Crippen LogP contribution in [0.4, 0.5) is 11.4 Å². The lowest BCUT2D eigenvalue weighted by atomic mass is 10.2. The van der Waals surface area contributed by atoms with Gasteiger partial charge in [0.1, 0.15) is 11.4 Å². The predicted molar refractivity (Wildman–Crippen MR) is 144 cm³/mol. The van der Waals surface area contributed by atoms with Crippen molar-refractivity contribution in [3.8, 4) is 17.2 Å². The molecule has 11 heteroatoms. The average Bonchev–Trinajstić information content (AvgIpc) is 3.14. The van der Waals surface area contributed by atoms with Crippen LogP contribution in [0.25, 0.3) is 5.69 Å². The molecule has 4 aromatic rings. The van der Waals surface area contributed by atoms with Gasteiger partial charge in [0.2, 0.25) is 15.7 Å². The van der Waals surface area contributed by atoms with Gasteiger partial charge in [0, 0.05) is 7.05 Å². The summed E-state index contributed by atoms with van der Waals surface area (Å²) in [5, 5.41) is 5.59. The maximum absolute atomic E-state index is 13.4. The minimum atomic E-state index is -4.01. The van der Waals surface area contributed by atoms with Gasteiger partial charge in [-0.25, -0.2) is 13.1 Å². The highest BCUT2D eigenvalue weighted by atomic mass is 32.2. The van der Waals surface area contributed by atoms with E-state index in [4.69, 9.17) is 9.47 Å². The molecule has 0 spiro atoms. The molecule has 0 atom stereocenters. The van der Waals surface area contributed by atoms with Gasteiger partial charge in [-0.2, -0.15) is 0 Å². The third-order valence-electron chi connectivity index (χ3n) is 6.08. The van der Waals surface area contributed by atoms with Crippen molar-refractivity contribution in [2.75, 3.05) is 31.4 Å². The quantitative estimate of drug-likeness (QED) is 0.336. The van der Waals surface area contributed by atoms with E-state index in [1.807, 2.05) is 18.2 Å². The van der Waals surface area contributed by atoms with E-state index in [1.54, 1.807) is 55.1 Å². The zero-order valence-electron chi connectivity index (χ0n) is 21.4. The summed E-state index contributed by atoms with van der Waals surface area (Å²) in [6.07, 6.45) is 0. The zero-order chi connectivity index (χ0) is 27.4. The largest absolute Gasteiger partial charge is 0.495 e.